The van der Waals surface area contributed by atoms with Crippen LogP contribution in [-0.4, -0.2) is 57.9 Å². The van der Waals surface area contributed by atoms with E-state index in [1.54, 1.807) is 17.0 Å². The molecule has 4 aromatic rings. The van der Waals surface area contributed by atoms with E-state index in [1.807, 2.05) is 56.3 Å². The Kier molecular flexibility index (Phi) is 8.13. The third-order valence-electron chi connectivity index (χ3n) is 6.59. The monoisotopic (exact) mass is 570 g/mol. The van der Waals surface area contributed by atoms with Crippen molar-refractivity contribution >= 4 is 60.7 Å². The van der Waals surface area contributed by atoms with Crippen molar-refractivity contribution in [3.63, 3.8) is 0 Å². The van der Waals surface area contributed by atoms with Crippen molar-refractivity contribution in [2.24, 2.45) is 0 Å². The maximum absolute atomic E-state index is 13.7. The Morgan fingerprint density at radius 2 is 1.74 bits per heavy atom. The lowest BCUT2D eigenvalue weighted by Gasteiger charge is -2.22. The van der Waals surface area contributed by atoms with E-state index in [-0.39, 0.29) is 23.2 Å². The van der Waals surface area contributed by atoms with Crippen LogP contribution in [0.4, 0.5) is 10.8 Å². The SMILES string of the molecule is Cc1cc(C)c2sc(N(CCN(C)C)C(=O)c3ccc(S(=O)(=O)N4CCc5ccccc54)cc3)nc2c1.Cl. The van der Waals surface area contributed by atoms with Crippen LogP contribution < -0.4 is 9.21 Å². The van der Waals surface area contributed by atoms with Gasteiger partial charge in [-0.15, -0.1) is 12.4 Å². The van der Waals surface area contributed by atoms with E-state index in [2.05, 4.69) is 13.0 Å². The fraction of sp³-hybridized carbons (Fsp3) is 0.286. The second-order valence-electron chi connectivity index (χ2n) is 9.67. The molecule has 0 bridgehead atoms. The molecule has 3 aromatic carbocycles. The number of likely N-dealkylation sites (N-methyl/N-ethyl adjacent to an activating group) is 1. The quantitative estimate of drug-likeness (QED) is 0.302. The van der Waals surface area contributed by atoms with Crippen molar-refractivity contribution in [1.82, 2.24) is 9.88 Å². The van der Waals surface area contributed by atoms with Crippen LogP contribution in [0, 0.1) is 13.8 Å². The molecule has 0 spiro atoms. The smallest absolute Gasteiger partial charge is 0.264 e. The summed E-state index contributed by atoms with van der Waals surface area (Å²) in [7, 11) is 0.203. The average molecular weight is 571 g/mol. The number of amides is 1. The number of sulfonamides is 1. The summed E-state index contributed by atoms with van der Waals surface area (Å²) in [6, 6.07) is 18.0. The van der Waals surface area contributed by atoms with E-state index in [9.17, 15) is 13.2 Å². The first kappa shape index (κ1) is 28.0. The summed E-state index contributed by atoms with van der Waals surface area (Å²) in [6.45, 7) is 5.64. The van der Waals surface area contributed by atoms with E-state index < -0.39 is 10.0 Å². The standard InChI is InChI=1S/C28H30N4O3S2.ClH/c1-19-17-20(2)26-24(18-19)29-28(36-26)31(16-15-30(3)4)27(33)22-9-11-23(12-10-22)37(34,35)32-14-13-21-7-5-6-8-25(21)32;/h5-12,17-18H,13-16H2,1-4H3;1H. The lowest BCUT2D eigenvalue weighted by atomic mass is 10.1. The number of rotatable bonds is 7. The molecule has 0 atom stereocenters. The fourth-order valence-corrected chi connectivity index (χ4v) is 7.22. The summed E-state index contributed by atoms with van der Waals surface area (Å²) >= 11 is 1.51. The number of halogens is 1. The second kappa shape index (κ2) is 11.0. The van der Waals surface area contributed by atoms with E-state index in [4.69, 9.17) is 4.98 Å². The van der Waals surface area contributed by atoms with Crippen molar-refractivity contribution in [3.8, 4) is 0 Å². The van der Waals surface area contributed by atoms with Gasteiger partial charge in [0.25, 0.3) is 15.9 Å². The summed E-state index contributed by atoms with van der Waals surface area (Å²) in [4.78, 5) is 22.4. The molecular formula is C28H31ClN4O3S2. The summed E-state index contributed by atoms with van der Waals surface area (Å²) < 4.78 is 29.3. The summed E-state index contributed by atoms with van der Waals surface area (Å²) in [6.07, 6.45) is 0.688. The normalized spacial score (nSPS) is 13.0. The number of benzene rings is 3. The largest absolute Gasteiger partial charge is 0.308 e. The number of fused-ring (bicyclic) bond motifs is 2. The lowest BCUT2D eigenvalue weighted by Crippen LogP contribution is -2.36. The van der Waals surface area contributed by atoms with Crippen molar-refractivity contribution in [2.75, 3.05) is 42.9 Å². The van der Waals surface area contributed by atoms with Crippen LogP contribution in [0.5, 0.6) is 0 Å². The van der Waals surface area contributed by atoms with E-state index in [1.165, 1.54) is 27.8 Å². The number of carbonyl (C=O) groups excluding carboxylic acids is 1. The van der Waals surface area contributed by atoms with Gasteiger partial charge in [-0.05, 0) is 87.5 Å². The van der Waals surface area contributed by atoms with Crippen LogP contribution in [0.1, 0.15) is 27.0 Å². The number of nitrogens with zero attached hydrogens (tertiary/aromatic N) is 4. The number of aryl methyl sites for hydroxylation is 2. The molecule has 1 amide bonds. The first-order valence-corrected chi connectivity index (χ1v) is 14.5. The molecule has 0 N–H and O–H groups in total. The van der Waals surface area contributed by atoms with E-state index >= 15 is 0 Å². The Hall–Kier alpha value is -2.98. The van der Waals surface area contributed by atoms with Gasteiger partial charge >= 0.3 is 0 Å². The molecule has 0 aliphatic carbocycles. The van der Waals surface area contributed by atoms with Gasteiger partial charge in [-0.25, -0.2) is 13.4 Å². The zero-order valence-corrected chi connectivity index (χ0v) is 24.3. The van der Waals surface area contributed by atoms with E-state index in [0.29, 0.717) is 36.8 Å². The Morgan fingerprint density at radius 3 is 2.45 bits per heavy atom. The molecule has 1 aliphatic rings. The van der Waals surface area contributed by atoms with Crippen molar-refractivity contribution in [1.29, 1.82) is 0 Å². The number of hydrogen-bond acceptors (Lipinski definition) is 6. The number of carbonyl (C=O) groups is 1. The molecule has 0 radical (unpaired) electrons. The van der Waals surface area contributed by atoms with Crippen molar-refractivity contribution in [3.05, 3.63) is 82.9 Å². The van der Waals surface area contributed by atoms with Gasteiger partial charge in [-0.2, -0.15) is 0 Å². The fourth-order valence-electron chi connectivity index (χ4n) is 4.67. The van der Waals surface area contributed by atoms with Gasteiger partial charge in [0, 0.05) is 25.2 Å². The highest BCUT2D eigenvalue weighted by atomic mass is 35.5. The van der Waals surface area contributed by atoms with Gasteiger partial charge in [0.1, 0.15) is 0 Å². The van der Waals surface area contributed by atoms with E-state index in [0.717, 1.165) is 32.6 Å². The molecule has 7 nitrogen and oxygen atoms in total. The molecule has 2 heterocycles. The van der Waals surface area contributed by atoms with Gasteiger partial charge in [-0.3, -0.25) is 14.0 Å². The highest BCUT2D eigenvalue weighted by molar-refractivity contribution is 7.92. The van der Waals surface area contributed by atoms with Crippen LogP contribution in [0.2, 0.25) is 0 Å². The topological polar surface area (TPSA) is 73.8 Å². The molecule has 1 aliphatic heterocycles. The Labute approximate surface area is 234 Å². The molecule has 10 heteroatoms. The van der Waals surface area contributed by atoms with Gasteiger partial charge in [0.05, 0.1) is 20.8 Å². The highest BCUT2D eigenvalue weighted by Crippen LogP contribution is 2.34. The average Bonchev–Trinajstić information content (AvgIpc) is 3.49. The van der Waals surface area contributed by atoms with Crippen molar-refractivity contribution in [2.45, 2.75) is 25.2 Å². The summed E-state index contributed by atoms with van der Waals surface area (Å²) in [5.41, 5.74) is 5.32. The van der Waals surface area contributed by atoms with Crippen LogP contribution >= 0.6 is 23.7 Å². The molecule has 38 heavy (non-hydrogen) atoms. The second-order valence-corrected chi connectivity index (χ2v) is 12.5. The first-order valence-electron chi connectivity index (χ1n) is 12.2. The molecule has 1 aromatic heterocycles. The molecule has 0 fully saturated rings. The van der Waals surface area contributed by atoms with Crippen LogP contribution in [0.25, 0.3) is 10.2 Å². The van der Waals surface area contributed by atoms with Crippen LogP contribution in [0.15, 0.2) is 65.6 Å². The summed E-state index contributed by atoms with van der Waals surface area (Å²) in [5.74, 6) is -0.203. The first-order chi connectivity index (χ1) is 17.6. The highest BCUT2D eigenvalue weighted by Gasteiger charge is 2.31. The van der Waals surface area contributed by atoms with Crippen LogP contribution in [0.3, 0.4) is 0 Å². The number of hydrogen-bond donors (Lipinski definition) is 0. The van der Waals surface area contributed by atoms with Crippen LogP contribution in [-0.2, 0) is 16.4 Å². The Morgan fingerprint density at radius 1 is 1.03 bits per heavy atom. The zero-order valence-electron chi connectivity index (χ0n) is 21.8. The predicted octanol–water partition coefficient (Wildman–Crippen LogP) is 5.29. The number of thiazole rings is 1. The van der Waals surface area contributed by atoms with Gasteiger partial charge in [0.2, 0.25) is 0 Å². The third kappa shape index (κ3) is 5.29. The number of aromatic nitrogens is 1. The Bertz CT molecular complexity index is 1580. The molecular weight excluding hydrogens is 540 g/mol. The Balaban J connectivity index is 0.00000336. The molecule has 5 rings (SSSR count). The maximum atomic E-state index is 13.7. The zero-order chi connectivity index (χ0) is 26.3. The lowest BCUT2D eigenvalue weighted by molar-refractivity contribution is 0.0985. The predicted molar refractivity (Wildman–Crippen MR) is 158 cm³/mol. The van der Waals surface area contributed by atoms with Gasteiger partial charge in [0.15, 0.2) is 5.13 Å². The molecule has 0 saturated heterocycles. The minimum Gasteiger partial charge on any atom is -0.308 e. The summed E-state index contributed by atoms with van der Waals surface area (Å²) in [5, 5.41) is 0.640. The van der Waals surface area contributed by atoms with Crippen molar-refractivity contribution < 1.29 is 13.2 Å². The minimum absolute atomic E-state index is 0. The van der Waals surface area contributed by atoms with Gasteiger partial charge < -0.3 is 4.90 Å². The maximum Gasteiger partial charge on any atom is 0.264 e. The molecule has 0 unspecified atom stereocenters. The van der Waals surface area contributed by atoms with Gasteiger partial charge in [-0.1, -0.05) is 35.6 Å². The molecule has 200 valence electrons. The minimum atomic E-state index is -3.72. The molecule has 0 saturated carbocycles. The third-order valence-corrected chi connectivity index (χ3v) is 9.65. The number of para-hydroxylation sites is 1. The number of anilines is 2.